The van der Waals surface area contributed by atoms with Crippen LogP contribution in [0.25, 0.3) is 0 Å². The minimum atomic E-state index is 0.534. The SMILES string of the molecule is C=CC(CCCCCCC)NCC. The van der Waals surface area contributed by atoms with Crippen molar-refractivity contribution < 1.29 is 0 Å². The molecule has 0 heterocycles. The van der Waals surface area contributed by atoms with E-state index in [2.05, 4.69) is 25.7 Å². The van der Waals surface area contributed by atoms with Gasteiger partial charge in [0.1, 0.15) is 0 Å². The van der Waals surface area contributed by atoms with E-state index in [0.29, 0.717) is 6.04 Å². The summed E-state index contributed by atoms with van der Waals surface area (Å²) in [5.41, 5.74) is 0. The van der Waals surface area contributed by atoms with E-state index in [9.17, 15) is 0 Å². The van der Waals surface area contributed by atoms with E-state index in [0.717, 1.165) is 6.54 Å². The minimum absolute atomic E-state index is 0.534. The molecule has 0 aliphatic heterocycles. The molecule has 0 fully saturated rings. The Morgan fingerprint density at radius 1 is 1.15 bits per heavy atom. The quantitative estimate of drug-likeness (QED) is 0.426. The molecule has 0 amide bonds. The average Bonchev–Trinajstić information content (AvgIpc) is 2.16. The summed E-state index contributed by atoms with van der Waals surface area (Å²) in [4.78, 5) is 0. The van der Waals surface area contributed by atoms with Crippen LogP contribution in [-0.4, -0.2) is 12.6 Å². The Bertz CT molecular complexity index is 110. The summed E-state index contributed by atoms with van der Waals surface area (Å²) < 4.78 is 0. The Labute approximate surface area is 83.6 Å². The molecule has 0 spiro atoms. The Kier molecular flexibility index (Phi) is 9.56. The van der Waals surface area contributed by atoms with Gasteiger partial charge in [-0.15, -0.1) is 6.58 Å². The average molecular weight is 183 g/mol. The van der Waals surface area contributed by atoms with Crippen molar-refractivity contribution in [2.75, 3.05) is 6.54 Å². The molecular weight excluding hydrogens is 158 g/mol. The standard InChI is InChI=1S/C12H25N/c1-4-7-8-9-10-11-12(5-2)13-6-3/h5,12-13H,2,4,6-11H2,1,3H3. The van der Waals surface area contributed by atoms with Crippen LogP contribution in [0.15, 0.2) is 12.7 Å². The molecule has 1 N–H and O–H groups in total. The monoisotopic (exact) mass is 183 g/mol. The Morgan fingerprint density at radius 2 is 1.85 bits per heavy atom. The van der Waals surface area contributed by atoms with Crippen LogP contribution in [0.1, 0.15) is 52.4 Å². The van der Waals surface area contributed by atoms with E-state index in [1.165, 1.54) is 38.5 Å². The first-order chi connectivity index (χ1) is 6.35. The Balaban J connectivity index is 3.22. The topological polar surface area (TPSA) is 12.0 Å². The molecule has 0 aliphatic carbocycles. The summed E-state index contributed by atoms with van der Waals surface area (Å²) in [6, 6.07) is 0.534. The first-order valence-corrected chi connectivity index (χ1v) is 5.71. The summed E-state index contributed by atoms with van der Waals surface area (Å²) in [6.45, 7) is 9.28. The summed E-state index contributed by atoms with van der Waals surface area (Å²) in [6.07, 6.45) is 10.1. The fourth-order valence-electron chi connectivity index (χ4n) is 1.53. The molecule has 13 heavy (non-hydrogen) atoms. The number of rotatable bonds is 9. The van der Waals surface area contributed by atoms with E-state index in [1.54, 1.807) is 0 Å². The lowest BCUT2D eigenvalue weighted by Crippen LogP contribution is -2.26. The molecule has 1 atom stereocenters. The van der Waals surface area contributed by atoms with E-state index in [4.69, 9.17) is 0 Å². The predicted molar refractivity (Wildman–Crippen MR) is 61.0 cm³/mol. The fraction of sp³-hybridized carbons (Fsp3) is 0.833. The molecule has 1 unspecified atom stereocenters. The van der Waals surface area contributed by atoms with Crippen molar-refractivity contribution in [1.82, 2.24) is 5.32 Å². The van der Waals surface area contributed by atoms with Gasteiger partial charge in [0.05, 0.1) is 0 Å². The molecule has 0 bridgehead atoms. The van der Waals surface area contributed by atoms with E-state index in [-0.39, 0.29) is 0 Å². The highest BCUT2D eigenvalue weighted by Crippen LogP contribution is 2.07. The zero-order valence-corrected chi connectivity index (χ0v) is 9.31. The Morgan fingerprint density at radius 3 is 2.38 bits per heavy atom. The third kappa shape index (κ3) is 8.04. The number of nitrogens with one attached hydrogen (secondary N) is 1. The van der Waals surface area contributed by atoms with Gasteiger partial charge in [0, 0.05) is 6.04 Å². The van der Waals surface area contributed by atoms with Gasteiger partial charge in [0.15, 0.2) is 0 Å². The van der Waals surface area contributed by atoms with Crippen LogP contribution in [-0.2, 0) is 0 Å². The second-order valence-electron chi connectivity index (χ2n) is 3.60. The van der Waals surface area contributed by atoms with Gasteiger partial charge >= 0.3 is 0 Å². The smallest absolute Gasteiger partial charge is 0.0247 e. The van der Waals surface area contributed by atoms with Crippen LogP contribution in [0.3, 0.4) is 0 Å². The molecule has 0 rings (SSSR count). The van der Waals surface area contributed by atoms with Crippen molar-refractivity contribution in [3.05, 3.63) is 12.7 Å². The molecular formula is C12H25N. The normalized spacial score (nSPS) is 12.8. The molecule has 0 aromatic heterocycles. The Hall–Kier alpha value is -0.300. The molecule has 0 aliphatic rings. The predicted octanol–water partition coefficient (Wildman–Crippen LogP) is 3.51. The number of hydrogen-bond acceptors (Lipinski definition) is 1. The summed E-state index contributed by atoms with van der Waals surface area (Å²) in [5, 5.41) is 3.41. The maximum Gasteiger partial charge on any atom is 0.0247 e. The summed E-state index contributed by atoms with van der Waals surface area (Å²) in [5.74, 6) is 0. The fourth-order valence-corrected chi connectivity index (χ4v) is 1.53. The maximum absolute atomic E-state index is 3.83. The van der Waals surface area contributed by atoms with Gasteiger partial charge in [0.25, 0.3) is 0 Å². The van der Waals surface area contributed by atoms with Crippen molar-refractivity contribution in [1.29, 1.82) is 0 Å². The van der Waals surface area contributed by atoms with Gasteiger partial charge in [0.2, 0.25) is 0 Å². The summed E-state index contributed by atoms with van der Waals surface area (Å²) in [7, 11) is 0. The molecule has 0 aromatic rings. The van der Waals surface area contributed by atoms with Gasteiger partial charge in [-0.25, -0.2) is 0 Å². The third-order valence-electron chi connectivity index (χ3n) is 2.37. The largest absolute Gasteiger partial charge is 0.311 e. The lowest BCUT2D eigenvalue weighted by Gasteiger charge is -2.12. The van der Waals surface area contributed by atoms with Gasteiger partial charge in [-0.2, -0.15) is 0 Å². The number of hydrogen-bond donors (Lipinski definition) is 1. The summed E-state index contributed by atoms with van der Waals surface area (Å²) >= 11 is 0. The lowest BCUT2D eigenvalue weighted by atomic mass is 10.1. The zero-order valence-electron chi connectivity index (χ0n) is 9.31. The van der Waals surface area contributed by atoms with Crippen LogP contribution < -0.4 is 5.32 Å². The van der Waals surface area contributed by atoms with E-state index >= 15 is 0 Å². The maximum atomic E-state index is 3.83. The highest BCUT2D eigenvalue weighted by atomic mass is 14.9. The van der Waals surface area contributed by atoms with Crippen LogP contribution in [0, 0.1) is 0 Å². The van der Waals surface area contributed by atoms with Crippen molar-refractivity contribution >= 4 is 0 Å². The highest BCUT2D eigenvalue weighted by Gasteiger charge is 2.00. The van der Waals surface area contributed by atoms with Gasteiger partial charge in [-0.05, 0) is 13.0 Å². The minimum Gasteiger partial charge on any atom is -0.311 e. The first kappa shape index (κ1) is 12.7. The molecule has 0 aromatic carbocycles. The van der Waals surface area contributed by atoms with E-state index < -0.39 is 0 Å². The van der Waals surface area contributed by atoms with Crippen LogP contribution >= 0.6 is 0 Å². The first-order valence-electron chi connectivity index (χ1n) is 5.71. The van der Waals surface area contributed by atoms with Crippen LogP contribution in [0.4, 0.5) is 0 Å². The van der Waals surface area contributed by atoms with Crippen LogP contribution in [0.2, 0.25) is 0 Å². The van der Waals surface area contributed by atoms with Crippen molar-refractivity contribution in [2.24, 2.45) is 0 Å². The van der Waals surface area contributed by atoms with Crippen molar-refractivity contribution in [3.8, 4) is 0 Å². The van der Waals surface area contributed by atoms with Crippen molar-refractivity contribution in [2.45, 2.75) is 58.4 Å². The number of likely N-dealkylation sites (N-methyl/N-ethyl adjacent to an activating group) is 1. The van der Waals surface area contributed by atoms with Gasteiger partial charge in [-0.3, -0.25) is 0 Å². The lowest BCUT2D eigenvalue weighted by molar-refractivity contribution is 0.523. The molecule has 1 heteroatoms. The third-order valence-corrected chi connectivity index (χ3v) is 2.37. The molecule has 78 valence electrons. The van der Waals surface area contributed by atoms with E-state index in [1.807, 2.05) is 6.08 Å². The zero-order chi connectivity index (χ0) is 9.94. The molecule has 0 saturated carbocycles. The van der Waals surface area contributed by atoms with Gasteiger partial charge in [-0.1, -0.05) is 52.0 Å². The number of unbranched alkanes of at least 4 members (excludes halogenated alkanes) is 4. The highest BCUT2D eigenvalue weighted by molar-refractivity contribution is 4.84. The van der Waals surface area contributed by atoms with Gasteiger partial charge < -0.3 is 5.32 Å². The van der Waals surface area contributed by atoms with Crippen LogP contribution in [0.5, 0.6) is 0 Å². The molecule has 1 nitrogen and oxygen atoms in total. The molecule has 0 radical (unpaired) electrons. The second kappa shape index (κ2) is 9.79. The second-order valence-corrected chi connectivity index (χ2v) is 3.60. The molecule has 0 saturated heterocycles. The van der Waals surface area contributed by atoms with Crippen molar-refractivity contribution in [3.63, 3.8) is 0 Å².